The molecule has 3 rings (SSSR count). The predicted molar refractivity (Wildman–Crippen MR) is 102 cm³/mol. The van der Waals surface area contributed by atoms with Crippen LogP contribution in [0.5, 0.6) is 0 Å². The SMILES string of the molecule is Cc1nn(CN(C)Cc2ccccc2N2CCCC2)c(=O)c(C#N)c1C. The molecule has 0 aliphatic carbocycles. The van der Waals surface area contributed by atoms with Gasteiger partial charge in [-0.15, -0.1) is 0 Å². The molecule has 6 nitrogen and oxygen atoms in total. The molecule has 2 heterocycles. The maximum Gasteiger partial charge on any atom is 0.286 e. The zero-order valence-electron chi connectivity index (χ0n) is 15.7. The van der Waals surface area contributed by atoms with E-state index in [9.17, 15) is 10.1 Å². The zero-order valence-corrected chi connectivity index (χ0v) is 15.7. The van der Waals surface area contributed by atoms with E-state index in [1.54, 1.807) is 6.92 Å². The number of anilines is 1. The van der Waals surface area contributed by atoms with Gasteiger partial charge in [-0.2, -0.15) is 10.4 Å². The first-order chi connectivity index (χ1) is 12.5. The van der Waals surface area contributed by atoms with E-state index in [2.05, 4.69) is 39.2 Å². The van der Waals surface area contributed by atoms with E-state index in [1.165, 1.54) is 28.8 Å². The highest BCUT2D eigenvalue weighted by Gasteiger charge is 2.17. The number of hydrogen-bond donors (Lipinski definition) is 0. The average Bonchev–Trinajstić information content (AvgIpc) is 3.15. The molecule has 0 atom stereocenters. The van der Waals surface area contributed by atoms with Crippen LogP contribution in [0, 0.1) is 25.2 Å². The van der Waals surface area contributed by atoms with E-state index in [0.717, 1.165) is 19.6 Å². The summed E-state index contributed by atoms with van der Waals surface area (Å²) in [6.45, 7) is 6.87. The molecule has 0 amide bonds. The Morgan fingerprint density at radius 2 is 1.92 bits per heavy atom. The van der Waals surface area contributed by atoms with Crippen molar-refractivity contribution in [3.8, 4) is 6.07 Å². The molecule has 26 heavy (non-hydrogen) atoms. The number of nitrogens with zero attached hydrogens (tertiary/aromatic N) is 5. The van der Waals surface area contributed by atoms with Crippen molar-refractivity contribution < 1.29 is 0 Å². The maximum atomic E-state index is 12.5. The van der Waals surface area contributed by atoms with Gasteiger partial charge in [-0.1, -0.05) is 18.2 Å². The molecule has 0 radical (unpaired) electrons. The van der Waals surface area contributed by atoms with Crippen LogP contribution >= 0.6 is 0 Å². The molecule has 1 saturated heterocycles. The summed E-state index contributed by atoms with van der Waals surface area (Å²) in [4.78, 5) is 17.0. The van der Waals surface area contributed by atoms with Crippen molar-refractivity contribution in [2.24, 2.45) is 0 Å². The molecular formula is C20H25N5O. The molecule has 1 aliphatic rings. The molecule has 0 saturated carbocycles. The molecule has 136 valence electrons. The minimum Gasteiger partial charge on any atom is -0.371 e. The van der Waals surface area contributed by atoms with Crippen molar-refractivity contribution in [1.82, 2.24) is 14.7 Å². The van der Waals surface area contributed by atoms with Gasteiger partial charge in [0.2, 0.25) is 0 Å². The van der Waals surface area contributed by atoms with Gasteiger partial charge in [0.05, 0.1) is 12.4 Å². The topological polar surface area (TPSA) is 65.2 Å². The first-order valence-electron chi connectivity index (χ1n) is 9.01. The highest BCUT2D eigenvalue weighted by atomic mass is 16.1. The first-order valence-corrected chi connectivity index (χ1v) is 9.01. The number of aryl methyl sites for hydroxylation is 1. The second kappa shape index (κ2) is 7.71. The Kier molecular flexibility index (Phi) is 5.38. The normalized spacial score (nSPS) is 14.0. The van der Waals surface area contributed by atoms with Crippen molar-refractivity contribution in [3.05, 3.63) is 57.0 Å². The highest BCUT2D eigenvalue weighted by Crippen LogP contribution is 2.25. The molecule has 1 aliphatic heterocycles. The molecule has 6 heteroatoms. The Bertz CT molecular complexity index is 890. The molecule has 2 aromatic rings. The summed E-state index contributed by atoms with van der Waals surface area (Å²) >= 11 is 0. The summed E-state index contributed by atoms with van der Waals surface area (Å²) in [7, 11) is 1.97. The summed E-state index contributed by atoms with van der Waals surface area (Å²) in [6, 6.07) is 10.5. The summed E-state index contributed by atoms with van der Waals surface area (Å²) in [5.41, 5.74) is 3.76. The van der Waals surface area contributed by atoms with Gasteiger partial charge in [0.15, 0.2) is 0 Å². The Balaban J connectivity index is 1.81. The first kappa shape index (κ1) is 18.2. The lowest BCUT2D eigenvalue weighted by molar-refractivity contribution is 0.239. The van der Waals surface area contributed by atoms with E-state index in [1.807, 2.05) is 20.0 Å². The second-order valence-electron chi connectivity index (χ2n) is 6.98. The van der Waals surface area contributed by atoms with Crippen molar-refractivity contribution in [2.75, 3.05) is 25.0 Å². The summed E-state index contributed by atoms with van der Waals surface area (Å²) in [5.74, 6) is 0. The van der Waals surface area contributed by atoms with Crippen LogP contribution in [-0.2, 0) is 13.2 Å². The van der Waals surface area contributed by atoms with Gasteiger partial charge >= 0.3 is 0 Å². The van der Waals surface area contributed by atoms with Crippen LogP contribution in [0.1, 0.15) is 35.2 Å². The quantitative estimate of drug-likeness (QED) is 0.828. The standard InChI is InChI=1S/C20H25N5O/c1-15-16(2)22-25(20(26)18(15)12-21)14-23(3)13-17-8-4-5-9-19(17)24-10-6-7-11-24/h4-5,8-9H,6-7,10-11,13-14H2,1-3H3. The predicted octanol–water partition coefficient (Wildman–Crippen LogP) is 2.42. The third-order valence-electron chi connectivity index (χ3n) is 5.00. The van der Waals surface area contributed by atoms with Crippen molar-refractivity contribution in [3.63, 3.8) is 0 Å². The molecule has 1 aromatic heterocycles. The summed E-state index contributed by atoms with van der Waals surface area (Å²) in [6.07, 6.45) is 2.48. The van der Waals surface area contributed by atoms with E-state index < -0.39 is 0 Å². The van der Waals surface area contributed by atoms with Gasteiger partial charge in [-0.3, -0.25) is 9.69 Å². The Morgan fingerprint density at radius 1 is 1.23 bits per heavy atom. The van der Waals surface area contributed by atoms with Crippen molar-refractivity contribution >= 4 is 5.69 Å². The highest BCUT2D eigenvalue weighted by molar-refractivity contribution is 5.54. The zero-order chi connectivity index (χ0) is 18.7. The molecule has 1 aromatic carbocycles. The minimum absolute atomic E-state index is 0.184. The van der Waals surface area contributed by atoms with Crippen molar-refractivity contribution in [1.29, 1.82) is 5.26 Å². The molecule has 0 spiro atoms. The number of hydrogen-bond acceptors (Lipinski definition) is 5. The van der Waals surface area contributed by atoms with Gasteiger partial charge in [0, 0.05) is 25.3 Å². The number of para-hydroxylation sites is 1. The third kappa shape index (κ3) is 3.63. The van der Waals surface area contributed by atoms with E-state index >= 15 is 0 Å². The van der Waals surface area contributed by atoms with Gasteiger partial charge in [0.1, 0.15) is 11.6 Å². The molecule has 0 bridgehead atoms. The van der Waals surface area contributed by atoms with Crippen LogP contribution in [0.3, 0.4) is 0 Å². The minimum atomic E-state index is -0.324. The summed E-state index contributed by atoms with van der Waals surface area (Å²) < 4.78 is 1.39. The van der Waals surface area contributed by atoms with Crippen LogP contribution in [0.4, 0.5) is 5.69 Å². The van der Waals surface area contributed by atoms with Gasteiger partial charge in [0.25, 0.3) is 5.56 Å². The monoisotopic (exact) mass is 351 g/mol. The van der Waals surface area contributed by atoms with E-state index in [4.69, 9.17) is 0 Å². The number of benzene rings is 1. The lowest BCUT2D eigenvalue weighted by atomic mass is 10.1. The maximum absolute atomic E-state index is 12.5. The van der Waals surface area contributed by atoms with E-state index in [-0.39, 0.29) is 11.1 Å². The Morgan fingerprint density at radius 3 is 2.62 bits per heavy atom. The van der Waals surface area contributed by atoms with Gasteiger partial charge < -0.3 is 4.90 Å². The van der Waals surface area contributed by atoms with Crippen LogP contribution in [0.15, 0.2) is 29.1 Å². The Labute approximate surface area is 154 Å². The lowest BCUT2D eigenvalue weighted by Gasteiger charge is -2.24. The number of nitriles is 1. The van der Waals surface area contributed by atoms with Crippen molar-refractivity contribution in [2.45, 2.75) is 39.9 Å². The molecule has 0 unspecified atom stereocenters. The van der Waals surface area contributed by atoms with Crippen LogP contribution in [-0.4, -0.2) is 34.8 Å². The fourth-order valence-corrected chi connectivity index (χ4v) is 3.48. The fraction of sp³-hybridized carbons (Fsp3) is 0.450. The van der Waals surface area contributed by atoms with Crippen LogP contribution in [0.25, 0.3) is 0 Å². The number of aromatic nitrogens is 2. The lowest BCUT2D eigenvalue weighted by Crippen LogP contribution is -2.34. The fourth-order valence-electron chi connectivity index (χ4n) is 3.48. The summed E-state index contributed by atoms with van der Waals surface area (Å²) in [5, 5.41) is 13.6. The molecular weight excluding hydrogens is 326 g/mol. The largest absolute Gasteiger partial charge is 0.371 e. The van der Waals surface area contributed by atoms with E-state index in [0.29, 0.717) is 17.9 Å². The molecule has 1 fully saturated rings. The van der Waals surface area contributed by atoms with Crippen LogP contribution in [0.2, 0.25) is 0 Å². The van der Waals surface area contributed by atoms with Crippen LogP contribution < -0.4 is 10.5 Å². The third-order valence-corrected chi connectivity index (χ3v) is 5.00. The molecule has 0 N–H and O–H groups in total. The van der Waals surface area contributed by atoms with Gasteiger partial charge in [-0.25, -0.2) is 4.68 Å². The Hall–Kier alpha value is -2.65. The number of rotatable bonds is 5. The average molecular weight is 351 g/mol. The smallest absolute Gasteiger partial charge is 0.286 e. The second-order valence-corrected chi connectivity index (χ2v) is 6.98. The van der Waals surface area contributed by atoms with Gasteiger partial charge in [-0.05, 0) is 50.9 Å².